The second-order valence-corrected chi connectivity index (χ2v) is 8.68. The molecular formula is C17H27NO2S. The normalized spacial score (nSPS) is 23.0. The van der Waals surface area contributed by atoms with E-state index in [0.29, 0.717) is 5.75 Å². The number of aryl methyl sites for hydroxylation is 2. The van der Waals surface area contributed by atoms with Crippen molar-refractivity contribution in [2.75, 3.05) is 12.8 Å². The van der Waals surface area contributed by atoms with Crippen LogP contribution in [0.1, 0.15) is 53.1 Å². The fourth-order valence-electron chi connectivity index (χ4n) is 3.58. The molecule has 4 heteroatoms. The van der Waals surface area contributed by atoms with E-state index in [1.807, 2.05) is 7.05 Å². The summed E-state index contributed by atoms with van der Waals surface area (Å²) in [5.74, 6) is 0.332. The summed E-state index contributed by atoms with van der Waals surface area (Å²) in [5.41, 5.74) is 6.10. The van der Waals surface area contributed by atoms with Crippen LogP contribution in [0.25, 0.3) is 0 Å². The van der Waals surface area contributed by atoms with Crippen molar-refractivity contribution in [2.24, 2.45) is 0 Å². The summed E-state index contributed by atoms with van der Waals surface area (Å²) in [4.78, 5) is 0. The third-order valence-corrected chi connectivity index (χ3v) is 7.33. The van der Waals surface area contributed by atoms with Crippen LogP contribution in [0.2, 0.25) is 0 Å². The molecule has 0 radical (unpaired) electrons. The van der Waals surface area contributed by atoms with Crippen LogP contribution in [0.15, 0.2) is 6.07 Å². The predicted octanol–water partition coefficient (Wildman–Crippen LogP) is 3.15. The molecule has 0 aliphatic carbocycles. The maximum atomic E-state index is 12.5. The lowest BCUT2D eigenvalue weighted by molar-refractivity contribution is 0.466. The van der Waals surface area contributed by atoms with Crippen LogP contribution in [0.4, 0.5) is 0 Å². The predicted molar refractivity (Wildman–Crippen MR) is 88.6 cm³/mol. The van der Waals surface area contributed by atoms with E-state index in [-0.39, 0.29) is 11.3 Å². The van der Waals surface area contributed by atoms with Crippen molar-refractivity contribution in [1.29, 1.82) is 0 Å². The van der Waals surface area contributed by atoms with Crippen LogP contribution < -0.4 is 5.32 Å². The van der Waals surface area contributed by atoms with E-state index in [1.165, 1.54) is 27.8 Å². The maximum absolute atomic E-state index is 12.5. The second kappa shape index (κ2) is 6.09. The third kappa shape index (κ3) is 3.02. The van der Waals surface area contributed by atoms with Gasteiger partial charge in [-0.1, -0.05) is 12.5 Å². The smallest absolute Gasteiger partial charge is 0.155 e. The van der Waals surface area contributed by atoms with E-state index in [0.717, 1.165) is 19.3 Å². The number of rotatable bonds is 3. The molecule has 1 saturated heterocycles. The van der Waals surface area contributed by atoms with E-state index >= 15 is 0 Å². The Kier molecular flexibility index (Phi) is 4.79. The molecule has 1 aromatic carbocycles. The molecule has 0 bridgehead atoms. The lowest BCUT2D eigenvalue weighted by atomic mass is 9.87. The standard InChI is InChI=1S/C17H27NO2S/c1-11-10-12(2)14(4)16(13(11)3)17(18-5)15-8-6-7-9-21(15,19)20/h10,15,17-18H,6-9H2,1-5H3. The van der Waals surface area contributed by atoms with Crippen molar-refractivity contribution in [1.82, 2.24) is 5.32 Å². The number of sulfone groups is 1. The lowest BCUT2D eigenvalue weighted by Gasteiger charge is -2.33. The Morgan fingerprint density at radius 1 is 1.10 bits per heavy atom. The summed E-state index contributed by atoms with van der Waals surface area (Å²) in [7, 11) is -1.12. The average Bonchev–Trinajstić information content (AvgIpc) is 2.42. The molecule has 1 aliphatic heterocycles. The molecule has 21 heavy (non-hydrogen) atoms. The largest absolute Gasteiger partial charge is 0.312 e. The van der Waals surface area contributed by atoms with E-state index in [2.05, 4.69) is 39.1 Å². The second-order valence-electron chi connectivity index (χ2n) is 6.34. The summed E-state index contributed by atoms with van der Waals surface area (Å²) in [6.45, 7) is 8.43. The first-order chi connectivity index (χ1) is 9.79. The van der Waals surface area contributed by atoms with Crippen LogP contribution in [0.3, 0.4) is 0 Å². The van der Waals surface area contributed by atoms with Gasteiger partial charge in [0.15, 0.2) is 9.84 Å². The molecule has 0 saturated carbocycles. The zero-order chi connectivity index (χ0) is 15.8. The Labute approximate surface area is 129 Å². The number of benzene rings is 1. The zero-order valence-electron chi connectivity index (χ0n) is 13.8. The van der Waals surface area contributed by atoms with Crippen molar-refractivity contribution in [3.8, 4) is 0 Å². The van der Waals surface area contributed by atoms with Crippen LogP contribution >= 0.6 is 0 Å². The highest BCUT2D eigenvalue weighted by Gasteiger charge is 2.37. The summed E-state index contributed by atoms with van der Waals surface area (Å²) in [6.07, 6.45) is 2.57. The van der Waals surface area contributed by atoms with Gasteiger partial charge in [-0.15, -0.1) is 0 Å². The van der Waals surface area contributed by atoms with Gasteiger partial charge in [0.2, 0.25) is 0 Å². The zero-order valence-corrected chi connectivity index (χ0v) is 14.6. The Morgan fingerprint density at radius 2 is 1.67 bits per heavy atom. The highest BCUT2D eigenvalue weighted by Crippen LogP contribution is 2.35. The topological polar surface area (TPSA) is 46.2 Å². The lowest BCUT2D eigenvalue weighted by Crippen LogP contribution is -2.40. The van der Waals surface area contributed by atoms with Gasteiger partial charge in [-0.05, 0) is 75.4 Å². The van der Waals surface area contributed by atoms with Gasteiger partial charge in [-0.2, -0.15) is 0 Å². The summed E-state index contributed by atoms with van der Waals surface area (Å²) >= 11 is 0. The minimum atomic E-state index is -3.00. The highest BCUT2D eigenvalue weighted by molar-refractivity contribution is 7.92. The molecule has 0 amide bonds. The molecule has 1 aromatic rings. The van der Waals surface area contributed by atoms with E-state index in [1.54, 1.807) is 0 Å². The molecule has 1 N–H and O–H groups in total. The summed E-state index contributed by atoms with van der Waals surface area (Å²) in [5, 5.41) is 3.00. The van der Waals surface area contributed by atoms with Crippen molar-refractivity contribution in [3.63, 3.8) is 0 Å². The van der Waals surface area contributed by atoms with Gasteiger partial charge < -0.3 is 5.32 Å². The van der Waals surface area contributed by atoms with Crippen LogP contribution in [0, 0.1) is 27.7 Å². The van der Waals surface area contributed by atoms with E-state index in [9.17, 15) is 8.42 Å². The quantitative estimate of drug-likeness (QED) is 0.933. The highest BCUT2D eigenvalue weighted by atomic mass is 32.2. The van der Waals surface area contributed by atoms with Crippen LogP contribution in [-0.4, -0.2) is 26.5 Å². The molecule has 1 heterocycles. The molecule has 3 nitrogen and oxygen atoms in total. The molecule has 2 atom stereocenters. The number of nitrogens with one attached hydrogen (secondary N) is 1. The van der Waals surface area contributed by atoms with Crippen molar-refractivity contribution < 1.29 is 8.42 Å². The third-order valence-electron chi connectivity index (χ3n) is 5.05. The Bertz CT molecular complexity index is 608. The fraction of sp³-hybridized carbons (Fsp3) is 0.647. The van der Waals surface area contributed by atoms with Gasteiger partial charge >= 0.3 is 0 Å². The van der Waals surface area contributed by atoms with Gasteiger partial charge in [-0.3, -0.25) is 0 Å². The number of hydrogen-bond acceptors (Lipinski definition) is 3. The van der Waals surface area contributed by atoms with Crippen LogP contribution in [-0.2, 0) is 9.84 Å². The SMILES string of the molecule is CNC(c1c(C)c(C)cc(C)c1C)C1CCCCS1(=O)=O. The van der Waals surface area contributed by atoms with Crippen LogP contribution in [0.5, 0.6) is 0 Å². The molecule has 0 aromatic heterocycles. The first-order valence-electron chi connectivity index (χ1n) is 7.75. The van der Waals surface area contributed by atoms with Gasteiger partial charge in [0, 0.05) is 6.04 Å². The summed E-state index contributed by atoms with van der Waals surface area (Å²) in [6, 6.07) is 2.09. The fourth-order valence-corrected chi connectivity index (χ4v) is 5.71. The van der Waals surface area contributed by atoms with Crippen molar-refractivity contribution >= 4 is 9.84 Å². The minimum absolute atomic E-state index is 0.103. The molecule has 2 rings (SSSR count). The minimum Gasteiger partial charge on any atom is -0.312 e. The Morgan fingerprint density at radius 3 is 2.14 bits per heavy atom. The Balaban J connectivity index is 2.57. The monoisotopic (exact) mass is 309 g/mol. The molecular weight excluding hydrogens is 282 g/mol. The molecule has 1 fully saturated rings. The van der Waals surface area contributed by atoms with E-state index in [4.69, 9.17) is 0 Å². The van der Waals surface area contributed by atoms with Gasteiger partial charge in [-0.25, -0.2) is 8.42 Å². The Hall–Kier alpha value is -0.870. The maximum Gasteiger partial charge on any atom is 0.155 e. The molecule has 2 unspecified atom stereocenters. The number of hydrogen-bond donors (Lipinski definition) is 1. The molecule has 1 aliphatic rings. The average molecular weight is 309 g/mol. The molecule has 0 spiro atoms. The van der Waals surface area contributed by atoms with Crippen molar-refractivity contribution in [2.45, 2.75) is 58.2 Å². The first-order valence-corrected chi connectivity index (χ1v) is 9.47. The molecule has 118 valence electrons. The van der Waals surface area contributed by atoms with Crippen molar-refractivity contribution in [3.05, 3.63) is 33.9 Å². The van der Waals surface area contributed by atoms with Gasteiger partial charge in [0.25, 0.3) is 0 Å². The van der Waals surface area contributed by atoms with E-state index < -0.39 is 9.84 Å². The first kappa shape index (κ1) is 16.5. The summed E-state index contributed by atoms with van der Waals surface area (Å²) < 4.78 is 25.0. The van der Waals surface area contributed by atoms with Gasteiger partial charge in [0.05, 0.1) is 11.0 Å². The van der Waals surface area contributed by atoms with Gasteiger partial charge in [0.1, 0.15) is 0 Å².